The molecule has 0 nitrogen and oxygen atoms in total. The Labute approximate surface area is 158 Å². The summed E-state index contributed by atoms with van der Waals surface area (Å²) in [7, 11) is 0. The Morgan fingerprint density at radius 2 is 1.29 bits per heavy atom. The molecule has 0 aliphatic carbocycles. The Morgan fingerprint density at radius 1 is 0.786 bits per heavy atom. The molecule has 0 fully saturated rings. The van der Waals surface area contributed by atoms with Crippen molar-refractivity contribution in [3.8, 4) is 11.1 Å². The van der Waals surface area contributed by atoms with Crippen molar-refractivity contribution < 1.29 is 48.3 Å². The molecular formula is C16H5BrF11. The van der Waals surface area contributed by atoms with E-state index < -0.39 is 62.8 Å². The lowest BCUT2D eigenvalue weighted by Crippen LogP contribution is -2.50. The van der Waals surface area contributed by atoms with Crippen LogP contribution in [0.2, 0.25) is 0 Å². The Morgan fingerprint density at radius 3 is 1.71 bits per heavy atom. The highest BCUT2D eigenvalue weighted by atomic mass is 79.9. The highest BCUT2D eigenvalue weighted by molar-refractivity contribution is 9.10. The third-order valence-corrected chi connectivity index (χ3v) is 4.22. The van der Waals surface area contributed by atoms with Gasteiger partial charge in [0.25, 0.3) is 0 Å². The summed E-state index contributed by atoms with van der Waals surface area (Å²) in [6.07, 6.45) is -18.9. The van der Waals surface area contributed by atoms with Gasteiger partial charge in [-0.15, -0.1) is 0 Å². The average Bonchev–Trinajstić information content (AvgIpc) is 2.51. The maximum absolute atomic E-state index is 14.6. The molecule has 12 heteroatoms. The first-order chi connectivity index (χ1) is 12.5. The molecule has 1 radical (unpaired) electrons. The van der Waals surface area contributed by atoms with Crippen LogP contribution in [0.5, 0.6) is 0 Å². The summed E-state index contributed by atoms with van der Waals surface area (Å²) in [5, 5.41) is 0. The minimum Gasteiger partial charge on any atom is -0.218 e. The lowest BCUT2D eigenvalue weighted by molar-refractivity contribution is -0.348. The van der Waals surface area contributed by atoms with Gasteiger partial charge in [0.2, 0.25) is 0 Å². The smallest absolute Gasteiger partial charge is 0.218 e. The highest BCUT2D eigenvalue weighted by Gasteiger charge is 2.74. The summed E-state index contributed by atoms with van der Waals surface area (Å²) in [6, 6.07) is 4.14. The first kappa shape index (κ1) is 22.4. The molecule has 0 atom stereocenters. The molecule has 0 amide bonds. The molecular weight excluding hydrogens is 481 g/mol. The van der Waals surface area contributed by atoms with Gasteiger partial charge < -0.3 is 0 Å². The fourth-order valence-electron chi connectivity index (χ4n) is 2.37. The molecule has 0 aromatic heterocycles. The molecule has 2 aromatic carbocycles. The number of benzene rings is 2. The SMILES string of the molecule is Fc1ccccc1-c1c(Br)[c]c(C(F)(F)F)cc1C(F)(C(F)(F)F)C(F)(F)F. The van der Waals surface area contributed by atoms with Crippen molar-refractivity contribution in [1.82, 2.24) is 0 Å². The predicted octanol–water partition coefficient (Wildman–Crippen LogP) is 7.36. The minimum atomic E-state index is -6.70. The van der Waals surface area contributed by atoms with E-state index >= 15 is 0 Å². The van der Waals surface area contributed by atoms with Gasteiger partial charge in [0, 0.05) is 27.2 Å². The number of rotatable bonds is 2. The molecule has 0 heterocycles. The van der Waals surface area contributed by atoms with Gasteiger partial charge in [-0.25, -0.2) is 8.78 Å². The largest absolute Gasteiger partial charge is 0.435 e. The van der Waals surface area contributed by atoms with E-state index in [9.17, 15) is 48.3 Å². The van der Waals surface area contributed by atoms with Crippen LogP contribution < -0.4 is 0 Å². The van der Waals surface area contributed by atoms with Crippen molar-refractivity contribution >= 4 is 15.9 Å². The lowest BCUT2D eigenvalue weighted by atomic mass is 9.85. The van der Waals surface area contributed by atoms with Crippen LogP contribution in [0.3, 0.4) is 0 Å². The lowest BCUT2D eigenvalue weighted by Gasteiger charge is -2.32. The van der Waals surface area contributed by atoms with Crippen LogP contribution in [0.15, 0.2) is 34.8 Å². The molecule has 28 heavy (non-hydrogen) atoms. The Kier molecular flexibility index (Phi) is 5.52. The summed E-state index contributed by atoms with van der Waals surface area (Å²) in [5.74, 6) is -1.38. The van der Waals surface area contributed by atoms with E-state index in [1.165, 1.54) is 6.07 Å². The molecule has 0 aliphatic rings. The summed E-state index contributed by atoms with van der Waals surface area (Å²) in [4.78, 5) is 0. The molecule has 0 saturated carbocycles. The quantitative estimate of drug-likeness (QED) is 0.390. The van der Waals surface area contributed by atoms with E-state index in [0.29, 0.717) is 12.1 Å². The van der Waals surface area contributed by atoms with Crippen LogP contribution >= 0.6 is 15.9 Å². The van der Waals surface area contributed by atoms with Gasteiger partial charge in [0.05, 0.1) is 5.56 Å². The zero-order valence-corrected chi connectivity index (χ0v) is 14.5. The van der Waals surface area contributed by atoms with E-state index in [1.54, 1.807) is 0 Å². The van der Waals surface area contributed by atoms with E-state index in [4.69, 9.17) is 0 Å². The molecule has 0 spiro atoms. The van der Waals surface area contributed by atoms with Crippen molar-refractivity contribution in [2.75, 3.05) is 0 Å². The zero-order valence-electron chi connectivity index (χ0n) is 12.9. The van der Waals surface area contributed by atoms with Gasteiger partial charge >= 0.3 is 24.2 Å². The van der Waals surface area contributed by atoms with Crippen LogP contribution in [-0.4, -0.2) is 12.4 Å². The van der Waals surface area contributed by atoms with Crippen LogP contribution in [0.25, 0.3) is 11.1 Å². The van der Waals surface area contributed by atoms with Gasteiger partial charge in [-0.3, -0.25) is 0 Å². The second-order valence-electron chi connectivity index (χ2n) is 5.42. The van der Waals surface area contributed by atoms with Crippen molar-refractivity contribution in [3.63, 3.8) is 0 Å². The van der Waals surface area contributed by atoms with E-state index in [2.05, 4.69) is 15.9 Å². The summed E-state index contributed by atoms with van der Waals surface area (Å²) in [5.41, 5.74) is -13.2. The molecule has 0 saturated heterocycles. The van der Waals surface area contributed by atoms with Crippen molar-refractivity contribution in [2.24, 2.45) is 0 Å². The molecule has 2 rings (SSSR count). The fourth-order valence-corrected chi connectivity index (χ4v) is 3.01. The topological polar surface area (TPSA) is 0 Å². The van der Waals surface area contributed by atoms with Gasteiger partial charge in [0.15, 0.2) is 0 Å². The van der Waals surface area contributed by atoms with Gasteiger partial charge in [-0.1, -0.05) is 18.2 Å². The second kappa shape index (κ2) is 6.89. The summed E-state index contributed by atoms with van der Waals surface area (Å²) >= 11 is 2.36. The average molecular weight is 486 g/mol. The number of alkyl halides is 10. The van der Waals surface area contributed by atoms with E-state index in [1.807, 2.05) is 0 Å². The standard InChI is InChI=1S/C16H5BrF11/c17-10-6-7(14(20,21)22)5-9(12(10)8-3-1-2-4-11(8)18)13(19,15(23,24)25)16(26,27)28/h1-5H. The molecule has 2 aromatic rings. The second-order valence-corrected chi connectivity index (χ2v) is 6.21. The first-order valence-electron chi connectivity index (χ1n) is 6.92. The van der Waals surface area contributed by atoms with E-state index in [-0.39, 0.29) is 0 Å². The normalized spacial score (nSPS) is 13.7. The summed E-state index contributed by atoms with van der Waals surface area (Å²) < 4.78 is 145. The molecule has 0 unspecified atom stereocenters. The molecule has 153 valence electrons. The first-order valence-corrected chi connectivity index (χ1v) is 7.72. The Bertz CT molecular complexity index is 864. The zero-order chi connectivity index (χ0) is 21.7. The molecule has 0 bridgehead atoms. The van der Waals surface area contributed by atoms with Crippen LogP contribution in [0.1, 0.15) is 11.1 Å². The third-order valence-electron chi connectivity index (χ3n) is 3.62. The number of hydrogen-bond acceptors (Lipinski definition) is 0. The van der Waals surface area contributed by atoms with Crippen molar-refractivity contribution in [3.05, 3.63) is 57.8 Å². The summed E-state index contributed by atoms with van der Waals surface area (Å²) in [6.45, 7) is 0. The van der Waals surface area contributed by atoms with Crippen LogP contribution in [-0.2, 0) is 11.8 Å². The van der Waals surface area contributed by atoms with Gasteiger partial charge in [-0.05, 0) is 28.1 Å². The van der Waals surface area contributed by atoms with Crippen molar-refractivity contribution in [2.45, 2.75) is 24.2 Å². The Hall–Kier alpha value is -1.85. The van der Waals surface area contributed by atoms with Crippen LogP contribution in [0.4, 0.5) is 48.3 Å². The predicted molar refractivity (Wildman–Crippen MR) is 78.3 cm³/mol. The fraction of sp³-hybridized carbons (Fsp3) is 0.250. The van der Waals surface area contributed by atoms with Crippen LogP contribution in [0, 0.1) is 11.9 Å². The highest BCUT2D eigenvalue weighted by Crippen LogP contribution is 2.57. The minimum absolute atomic E-state index is 0.629. The third kappa shape index (κ3) is 3.70. The van der Waals surface area contributed by atoms with Gasteiger partial charge in [0.1, 0.15) is 5.82 Å². The maximum atomic E-state index is 14.6. The molecule has 0 N–H and O–H groups in total. The number of hydrogen-bond donors (Lipinski definition) is 0. The molecule has 0 aliphatic heterocycles. The van der Waals surface area contributed by atoms with Gasteiger partial charge in [-0.2, -0.15) is 39.5 Å². The Balaban J connectivity index is 3.06. The van der Waals surface area contributed by atoms with E-state index in [0.717, 1.165) is 12.1 Å². The maximum Gasteiger partial charge on any atom is 0.435 e. The number of halogens is 12. The van der Waals surface area contributed by atoms with Crippen molar-refractivity contribution in [1.29, 1.82) is 0 Å². The monoisotopic (exact) mass is 485 g/mol.